The smallest absolute Gasteiger partial charge is 0.147 e. The highest BCUT2D eigenvalue weighted by atomic mass is 32.1. The first-order valence-electron chi connectivity index (χ1n) is 6.61. The van der Waals surface area contributed by atoms with Gasteiger partial charge in [-0.15, -0.1) is 21.5 Å². The summed E-state index contributed by atoms with van der Waals surface area (Å²) in [6.07, 6.45) is 2.33. The molecule has 6 heteroatoms. The van der Waals surface area contributed by atoms with E-state index >= 15 is 0 Å². The van der Waals surface area contributed by atoms with E-state index in [-0.39, 0.29) is 6.61 Å². The van der Waals surface area contributed by atoms with Crippen LogP contribution in [0.3, 0.4) is 0 Å². The molecule has 104 valence electrons. The molecule has 0 atom stereocenters. The maximum Gasteiger partial charge on any atom is 0.147 e. The minimum Gasteiger partial charge on any atom is -0.395 e. The van der Waals surface area contributed by atoms with Crippen molar-refractivity contribution in [3.63, 3.8) is 0 Å². The second kappa shape index (κ2) is 6.18. The van der Waals surface area contributed by atoms with Crippen molar-refractivity contribution in [2.75, 3.05) is 13.2 Å². The summed E-state index contributed by atoms with van der Waals surface area (Å²) in [6, 6.07) is 2.13. The van der Waals surface area contributed by atoms with Crippen molar-refractivity contribution in [1.82, 2.24) is 19.7 Å². The molecule has 0 saturated heterocycles. The summed E-state index contributed by atoms with van der Waals surface area (Å²) in [5.41, 5.74) is 1.04. The lowest BCUT2D eigenvalue weighted by Gasteiger charge is -2.26. The van der Waals surface area contributed by atoms with Gasteiger partial charge >= 0.3 is 0 Å². The van der Waals surface area contributed by atoms with Crippen LogP contribution in [0.25, 0.3) is 0 Å². The Hall–Kier alpha value is -1.68. The number of aliphatic hydroxyl groups is 1. The summed E-state index contributed by atoms with van der Waals surface area (Å²) < 4.78 is 2.11. The molecule has 0 spiro atoms. The Bertz CT molecular complexity index is 637. The molecule has 20 heavy (non-hydrogen) atoms. The maximum absolute atomic E-state index is 8.71. The van der Waals surface area contributed by atoms with Crippen molar-refractivity contribution in [3.05, 3.63) is 34.0 Å². The lowest BCUT2D eigenvalue weighted by molar-refractivity contribution is 0.210. The molecule has 1 aliphatic rings. The van der Waals surface area contributed by atoms with Crippen LogP contribution in [0, 0.1) is 11.8 Å². The van der Waals surface area contributed by atoms with Gasteiger partial charge in [-0.2, -0.15) is 0 Å². The molecule has 5 nitrogen and oxygen atoms in total. The number of aromatic nitrogens is 3. The van der Waals surface area contributed by atoms with Crippen LogP contribution in [0.15, 0.2) is 17.8 Å². The predicted molar refractivity (Wildman–Crippen MR) is 77.0 cm³/mol. The zero-order valence-corrected chi connectivity index (χ0v) is 11.9. The number of aliphatic hydroxyl groups excluding tert-OH is 1. The molecule has 0 unspecified atom stereocenters. The van der Waals surface area contributed by atoms with Crippen molar-refractivity contribution in [1.29, 1.82) is 0 Å². The highest BCUT2D eigenvalue weighted by Gasteiger charge is 2.17. The molecule has 0 aliphatic carbocycles. The molecule has 3 rings (SSSR count). The van der Waals surface area contributed by atoms with Crippen LogP contribution in [-0.4, -0.2) is 37.9 Å². The number of fused-ring (bicyclic) bond motifs is 1. The van der Waals surface area contributed by atoms with Gasteiger partial charge in [-0.25, -0.2) is 0 Å². The van der Waals surface area contributed by atoms with Gasteiger partial charge in [-0.3, -0.25) is 4.90 Å². The van der Waals surface area contributed by atoms with Gasteiger partial charge in [0.15, 0.2) is 0 Å². The first-order valence-corrected chi connectivity index (χ1v) is 7.49. The quantitative estimate of drug-likeness (QED) is 0.859. The Morgan fingerprint density at radius 1 is 1.40 bits per heavy atom. The Morgan fingerprint density at radius 2 is 2.35 bits per heavy atom. The Morgan fingerprint density at radius 3 is 3.25 bits per heavy atom. The van der Waals surface area contributed by atoms with Crippen LogP contribution in [0.5, 0.6) is 0 Å². The van der Waals surface area contributed by atoms with Gasteiger partial charge in [0.25, 0.3) is 0 Å². The summed E-state index contributed by atoms with van der Waals surface area (Å²) in [4.78, 5) is 3.69. The first kappa shape index (κ1) is 13.3. The van der Waals surface area contributed by atoms with Crippen LogP contribution in [0.2, 0.25) is 0 Å². The zero-order valence-electron chi connectivity index (χ0n) is 11.1. The Balaban J connectivity index is 1.61. The monoisotopic (exact) mass is 288 g/mol. The van der Waals surface area contributed by atoms with Crippen LogP contribution >= 0.6 is 11.3 Å². The van der Waals surface area contributed by atoms with Gasteiger partial charge in [0.05, 0.1) is 13.2 Å². The number of nitrogens with zero attached hydrogens (tertiary/aromatic N) is 4. The fraction of sp³-hybridized carbons (Fsp3) is 0.429. The van der Waals surface area contributed by atoms with Crippen molar-refractivity contribution >= 4 is 11.3 Å². The fourth-order valence-electron chi connectivity index (χ4n) is 2.22. The number of hydrogen-bond donors (Lipinski definition) is 1. The number of rotatable bonds is 3. The number of thiophene rings is 1. The van der Waals surface area contributed by atoms with Crippen molar-refractivity contribution < 1.29 is 5.11 Å². The largest absolute Gasteiger partial charge is 0.395 e. The van der Waals surface area contributed by atoms with Crippen LogP contribution in [-0.2, 0) is 19.6 Å². The van der Waals surface area contributed by atoms with E-state index in [1.54, 1.807) is 17.7 Å². The third-order valence-corrected chi connectivity index (χ3v) is 4.14. The summed E-state index contributed by atoms with van der Waals surface area (Å²) in [7, 11) is 0. The van der Waals surface area contributed by atoms with E-state index in [0.717, 1.165) is 37.6 Å². The summed E-state index contributed by atoms with van der Waals surface area (Å²) in [5.74, 6) is 7.06. The summed E-state index contributed by atoms with van der Waals surface area (Å²) >= 11 is 1.74. The molecule has 2 aromatic heterocycles. The molecule has 0 amide bonds. The average Bonchev–Trinajstić information content (AvgIpc) is 3.08. The van der Waals surface area contributed by atoms with E-state index in [0.29, 0.717) is 6.42 Å². The highest BCUT2D eigenvalue weighted by molar-refractivity contribution is 7.10. The van der Waals surface area contributed by atoms with Gasteiger partial charge < -0.3 is 9.67 Å². The van der Waals surface area contributed by atoms with E-state index in [9.17, 15) is 0 Å². The fourth-order valence-corrected chi connectivity index (χ4v) is 3.08. The minimum absolute atomic E-state index is 0.123. The van der Waals surface area contributed by atoms with Gasteiger partial charge in [0.2, 0.25) is 0 Å². The number of hydrogen-bond acceptors (Lipinski definition) is 5. The van der Waals surface area contributed by atoms with Gasteiger partial charge in [0.1, 0.15) is 12.2 Å². The minimum atomic E-state index is 0.123. The zero-order chi connectivity index (χ0) is 13.8. The maximum atomic E-state index is 8.71. The molecule has 2 aromatic rings. The van der Waals surface area contributed by atoms with E-state index in [1.807, 2.05) is 0 Å². The lowest BCUT2D eigenvalue weighted by Crippen LogP contribution is -2.32. The van der Waals surface area contributed by atoms with E-state index < -0.39 is 0 Å². The van der Waals surface area contributed by atoms with Gasteiger partial charge in [-0.05, 0) is 6.07 Å². The van der Waals surface area contributed by atoms with Crippen LogP contribution < -0.4 is 0 Å². The topological polar surface area (TPSA) is 54.2 Å². The standard InChI is InChI=1S/C14H16N4OS/c19-6-2-1-3-12-7-13(20-10-12)8-17-4-5-18-11-15-16-14(18)9-17/h7,10-11,19H,2,4-6,8-9H2. The highest BCUT2D eigenvalue weighted by Crippen LogP contribution is 2.19. The predicted octanol–water partition coefficient (Wildman–Crippen LogP) is 1.09. The van der Waals surface area contributed by atoms with Gasteiger partial charge in [0, 0.05) is 41.9 Å². The van der Waals surface area contributed by atoms with Crippen LogP contribution in [0.1, 0.15) is 22.7 Å². The lowest BCUT2D eigenvalue weighted by atomic mass is 10.2. The molecule has 0 fully saturated rings. The second-order valence-corrected chi connectivity index (χ2v) is 5.72. The molecule has 1 aliphatic heterocycles. The van der Waals surface area contributed by atoms with E-state index in [2.05, 4.69) is 43.0 Å². The van der Waals surface area contributed by atoms with E-state index in [4.69, 9.17) is 5.11 Å². The Kier molecular flexibility index (Phi) is 4.11. The molecule has 0 bridgehead atoms. The summed E-state index contributed by atoms with van der Waals surface area (Å²) in [6.45, 7) is 3.88. The average molecular weight is 288 g/mol. The normalized spacial score (nSPS) is 14.7. The Labute approximate surface area is 121 Å². The van der Waals surface area contributed by atoms with Crippen molar-refractivity contribution in [2.45, 2.75) is 26.1 Å². The molecule has 3 heterocycles. The molecular weight excluding hydrogens is 272 g/mol. The van der Waals surface area contributed by atoms with E-state index in [1.165, 1.54) is 4.88 Å². The second-order valence-electron chi connectivity index (χ2n) is 4.73. The molecular formula is C14H16N4OS. The van der Waals surface area contributed by atoms with Gasteiger partial charge in [-0.1, -0.05) is 11.8 Å². The van der Waals surface area contributed by atoms with Crippen molar-refractivity contribution in [2.24, 2.45) is 0 Å². The third kappa shape index (κ3) is 3.07. The first-order chi connectivity index (χ1) is 9.85. The van der Waals surface area contributed by atoms with Crippen molar-refractivity contribution in [3.8, 4) is 11.8 Å². The molecule has 0 radical (unpaired) electrons. The molecule has 0 saturated carbocycles. The molecule has 0 aromatic carbocycles. The molecule has 1 N–H and O–H groups in total. The summed E-state index contributed by atoms with van der Waals surface area (Å²) in [5, 5.41) is 18.9. The SMILES string of the molecule is OCCC#Cc1csc(CN2CCn3cnnc3C2)c1. The van der Waals surface area contributed by atoms with Crippen LogP contribution in [0.4, 0.5) is 0 Å². The third-order valence-electron chi connectivity index (χ3n) is 3.22.